The third kappa shape index (κ3) is 1.41. The Morgan fingerprint density at radius 1 is 1.60 bits per heavy atom. The second-order valence-corrected chi connectivity index (χ2v) is 3.28. The molecule has 5 heteroatoms. The average molecular weight is 205 g/mol. The van der Waals surface area contributed by atoms with E-state index in [-0.39, 0.29) is 11.5 Å². The number of hydrogen-bond acceptors (Lipinski definition) is 4. The zero-order chi connectivity index (χ0) is 11.0. The van der Waals surface area contributed by atoms with Crippen LogP contribution < -0.4 is 5.73 Å². The van der Waals surface area contributed by atoms with E-state index in [1.54, 1.807) is 26.1 Å². The number of carbonyl (C=O) groups excluding carboxylic acids is 1. The summed E-state index contributed by atoms with van der Waals surface area (Å²) in [5, 5.41) is 4.07. The summed E-state index contributed by atoms with van der Waals surface area (Å²) in [4.78, 5) is 11.9. The van der Waals surface area contributed by atoms with Crippen molar-refractivity contribution in [1.82, 2.24) is 9.78 Å². The normalized spacial score (nSPS) is 10.5. The van der Waals surface area contributed by atoms with Crippen LogP contribution in [0.1, 0.15) is 21.8 Å². The second kappa shape index (κ2) is 3.27. The highest BCUT2D eigenvalue weighted by Crippen LogP contribution is 2.19. The fraction of sp³-hybridized carbons (Fsp3) is 0.200. The number of carbonyl (C=O) groups is 1. The number of aromatic nitrogens is 2. The molecule has 0 radical (unpaired) electrons. The highest BCUT2D eigenvalue weighted by Gasteiger charge is 2.21. The molecular weight excluding hydrogens is 194 g/mol. The van der Waals surface area contributed by atoms with Gasteiger partial charge in [0.1, 0.15) is 5.82 Å². The maximum absolute atomic E-state index is 11.9. The van der Waals surface area contributed by atoms with Crippen LogP contribution in [0.25, 0.3) is 0 Å². The molecule has 0 saturated carbocycles. The summed E-state index contributed by atoms with van der Waals surface area (Å²) in [5.41, 5.74) is 6.77. The Bertz CT molecular complexity index is 497. The lowest BCUT2D eigenvalue weighted by molar-refractivity contribution is 0.101. The molecule has 2 heterocycles. The lowest BCUT2D eigenvalue weighted by atomic mass is 10.1. The van der Waals surface area contributed by atoms with Crippen LogP contribution in [0.2, 0.25) is 0 Å². The molecule has 15 heavy (non-hydrogen) atoms. The van der Waals surface area contributed by atoms with Crippen LogP contribution in [0, 0.1) is 6.92 Å². The van der Waals surface area contributed by atoms with Gasteiger partial charge in [-0.2, -0.15) is 5.10 Å². The van der Waals surface area contributed by atoms with Gasteiger partial charge in [0.15, 0.2) is 5.76 Å². The minimum atomic E-state index is -0.233. The number of nitrogens with zero attached hydrogens (tertiary/aromatic N) is 2. The number of aryl methyl sites for hydroxylation is 2. The molecule has 0 aliphatic rings. The first-order chi connectivity index (χ1) is 7.11. The molecule has 0 aliphatic heterocycles. The van der Waals surface area contributed by atoms with Gasteiger partial charge in [0, 0.05) is 7.05 Å². The first kappa shape index (κ1) is 9.51. The van der Waals surface area contributed by atoms with E-state index in [2.05, 4.69) is 5.10 Å². The van der Waals surface area contributed by atoms with Crippen molar-refractivity contribution in [2.75, 3.05) is 5.73 Å². The van der Waals surface area contributed by atoms with Crippen molar-refractivity contribution in [3.63, 3.8) is 0 Å². The van der Waals surface area contributed by atoms with Gasteiger partial charge in [-0.15, -0.1) is 0 Å². The first-order valence-corrected chi connectivity index (χ1v) is 4.48. The number of furan rings is 1. The molecule has 2 rings (SSSR count). The Labute approximate surface area is 86.5 Å². The minimum absolute atomic E-state index is 0.233. The lowest BCUT2D eigenvalue weighted by Gasteiger charge is -1.97. The Hall–Kier alpha value is -2.04. The van der Waals surface area contributed by atoms with Gasteiger partial charge in [-0.1, -0.05) is 0 Å². The summed E-state index contributed by atoms with van der Waals surface area (Å²) < 4.78 is 6.50. The van der Waals surface area contributed by atoms with Crippen LogP contribution >= 0.6 is 0 Å². The van der Waals surface area contributed by atoms with Crippen molar-refractivity contribution in [2.24, 2.45) is 7.05 Å². The Morgan fingerprint density at radius 2 is 2.33 bits per heavy atom. The van der Waals surface area contributed by atoms with Crippen molar-refractivity contribution < 1.29 is 9.21 Å². The molecule has 0 saturated heterocycles. The van der Waals surface area contributed by atoms with E-state index in [9.17, 15) is 4.79 Å². The van der Waals surface area contributed by atoms with Crippen molar-refractivity contribution in [3.8, 4) is 0 Å². The predicted molar refractivity (Wildman–Crippen MR) is 54.5 cm³/mol. The Kier molecular flexibility index (Phi) is 2.07. The number of anilines is 1. The van der Waals surface area contributed by atoms with Gasteiger partial charge in [-0.25, -0.2) is 0 Å². The molecule has 78 valence electrons. The summed E-state index contributed by atoms with van der Waals surface area (Å²) >= 11 is 0. The van der Waals surface area contributed by atoms with Crippen LogP contribution in [-0.2, 0) is 7.05 Å². The van der Waals surface area contributed by atoms with Gasteiger partial charge in [-0.3, -0.25) is 9.48 Å². The van der Waals surface area contributed by atoms with Gasteiger partial charge in [0.25, 0.3) is 0 Å². The average Bonchev–Trinajstić information content (AvgIpc) is 2.76. The quantitative estimate of drug-likeness (QED) is 0.746. The molecule has 2 N–H and O–H groups in total. The van der Waals surface area contributed by atoms with E-state index in [0.717, 1.165) is 0 Å². The van der Waals surface area contributed by atoms with Gasteiger partial charge in [0.2, 0.25) is 5.78 Å². The van der Waals surface area contributed by atoms with Crippen LogP contribution in [0.4, 0.5) is 5.82 Å². The Balaban J connectivity index is 2.51. The van der Waals surface area contributed by atoms with Crippen LogP contribution in [0.3, 0.4) is 0 Å². The van der Waals surface area contributed by atoms with Crippen LogP contribution in [-0.4, -0.2) is 15.6 Å². The maximum atomic E-state index is 11.9. The largest absolute Gasteiger partial charge is 0.461 e. The second-order valence-electron chi connectivity index (χ2n) is 3.28. The monoisotopic (exact) mass is 205 g/mol. The predicted octanol–water partition coefficient (Wildman–Crippen LogP) is 1.13. The fourth-order valence-electron chi connectivity index (χ4n) is 1.49. The van der Waals surface area contributed by atoms with Gasteiger partial charge in [0.05, 0.1) is 17.5 Å². The summed E-state index contributed by atoms with van der Waals surface area (Å²) in [5.74, 6) is 0.398. The smallest absolute Gasteiger partial charge is 0.233 e. The van der Waals surface area contributed by atoms with E-state index >= 15 is 0 Å². The van der Waals surface area contributed by atoms with Crippen LogP contribution in [0.15, 0.2) is 22.8 Å². The molecule has 5 nitrogen and oxygen atoms in total. The topological polar surface area (TPSA) is 74.1 Å². The summed E-state index contributed by atoms with van der Waals surface area (Å²) in [6, 6.07) is 3.27. The minimum Gasteiger partial charge on any atom is -0.461 e. The van der Waals surface area contributed by atoms with E-state index in [1.807, 2.05) is 0 Å². The summed E-state index contributed by atoms with van der Waals surface area (Å²) in [7, 11) is 1.70. The maximum Gasteiger partial charge on any atom is 0.233 e. The SMILES string of the molecule is Cc1nn(C)c(N)c1C(=O)c1ccco1. The van der Waals surface area contributed by atoms with Crippen LogP contribution in [0.5, 0.6) is 0 Å². The molecule has 0 bridgehead atoms. The number of nitrogens with two attached hydrogens (primary N) is 1. The molecule has 0 atom stereocenters. The number of hydrogen-bond donors (Lipinski definition) is 1. The van der Waals surface area contributed by atoms with Crippen molar-refractivity contribution in [3.05, 3.63) is 35.4 Å². The summed E-state index contributed by atoms with van der Waals surface area (Å²) in [6.07, 6.45) is 1.45. The van der Waals surface area contributed by atoms with E-state index in [1.165, 1.54) is 10.9 Å². The molecule has 0 fully saturated rings. The molecule has 0 unspecified atom stereocenters. The lowest BCUT2D eigenvalue weighted by Crippen LogP contribution is -2.05. The van der Waals surface area contributed by atoms with Crippen molar-refractivity contribution in [2.45, 2.75) is 6.92 Å². The fourth-order valence-corrected chi connectivity index (χ4v) is 1.49. The molecular formula is C10H11N3O2. The third-order valence-corrected chi connectivity index (χ3v) is 2.24. The first-order valence-electron chi connectivity index (χ1n) is 4.48. The molecule has 0 aromatic carbocycles. The standard InChI is InChI=1S/C10H11N3O2/c1-6-8(10(11)13(2)12-6)9(14)7-4-3-5-15-7/h3-5H,11H2,1-2H3. The highest BCUT2D eigenvalue weighted by atomic mass is 16.3. The van der Waals surface area contributed by atoms with Gasteiger partial charge >= 0.3 is 0 Å². The zero-order valence-electron chi connectivity index (χ0n) is 8.52. The van der Waals surface area contributed by atoms with E-state index in [4.69, 9.17) is 10.2 Å². The van der Waals surface area contributed by atoms with E-state index in [0.29, 0.717) is 17.1 Å². The zero-order valence-corrected chi connectivity index (χ0v) is 8.52. The molecule has 0 amide bonds. The number of nitrogen functional groups attached to an aromatic ring is 1. The third-order valence-electron chi connectivity index (χ3n) is 2.24. The van der Waals surface area contributed by atoms with Crippen molar-refractivity contribution in [1.29, 1.82) is 0 Å². The van der Waals surface area contributed by atoms with E-state index < -0.39 is 0 Å². The van der Waals surface area contributed by atoms with Gasteiger partial charge in [-0.05, 0) is 19.1 Å². The number of rotatable bonds is 2. The van der Waals surface area contributed by atoms with Gasteiger partial charge < -0.3 is 10.2 Å². The molecule has 2 aromatic rings. The summed E-state index contributed by atoms with van der Waals surface area (Å²) in [6.45, 7) is 1.74. The number of ketones is 1. The Morgan fingerprint density at radius 3 is 2.80 bits per heavy atom. The van der Waals surface area contributed by atoms with Crippen molar-refractivity contribution >= 4 is 11.6 Å². The highest BCUT2D eigenvalue weighted by molar-refractivity contribution is 6.10. The molecule has 0 aliphatic carbocycles. The molecule has 2 aromatic heterocycles. The molecule has 0 spiro atoms.